The Hall–Kier alpha value is -1.44. The number of benzene rings is 1. The van der Waals surface area contributed by atoms with Crippen LogP contribution in [0.25, 0.3) is 10.9 Å². The molecule has 0 unspecified atom stereocenters. The summed E-state index contributed by atoms with van der Waals surface area (Å²) in [6.07, 6.45) is 2.60. The van der Waals surface area contributed by atoms with E-state index < -0.39 is 0 Å². The zero-order valence-electron chi connectivity index (χ0n) is 11.6. The molecule has 18 heavy (non-hydrogen) atoms. The van der Waals surface area contributed by atoms with E-state index in [0.29, 0.717) is 11.3 Å². The Morgan fingerprint density at radius 2 is 1.94 bits per heavy atom. The van der Waals surface area contributed by atoms with Gasteiger partial charge < -0.3 is 9.72 Å². The smallest absolute Gasteiger partial charge is 0.124 e. The second-order valence-corrected chi connectivity index (χ2v) is 6.08. The van der Waals surface area contributed by atoms with E-state index in [1.54, 1.807) is 7.11 Å². The highest BCUT2D eigenvalue weighted by atomic mass is 16.5. The Bertz CT molecular complexity index is 590. The molecule has 96 valence electrons. The van der Waals surface area contributed by atoms with Crippen molar-refractivity contribution in [1.82, 2.24) is 4.98 Å². The van der Waals surface area contributed by atoms with Crippen molar-refractivity contribution in [2.75, 3.05) is 7.11 Å². The van der Waals surface area contributed by atoms with Gasteiger partial charge in [-0.2, -0.15) is 0 Å². The fraction of sp³-hybridized carbons (Fsp3) is 0.500. The van der Waals surface area contributed by atoms with Gasteiger partial charge in [-0.1, -0.05) is 20.8 Å². The highest BCUT2D eigenvalue weighted by molar-refractivity contribution is 5.83. The van der Waals surface area contributed by atoms with Crippen LogP contribution in [0.2, 0.25) is 0 Å². The monoisotopic (exact) mass is 243 g/mol. The molecule has 0 aliphatic heterocycles. The van der Waals surface area contributed by atoms with E-state index in [1.165, 1.54) is 35.0 Å². The van der Waals surface area contributed by atoms with Crippen molar-refractivity contribution >= 4 is 10.9 Å². The summed E-state index contributed by atoms with van der Waals surface area (Å²) in [6, 6.07) is 6.72. The molecule has 1 aliphatic rings. The van der Waals surface area contributed by atoms with E-state index in [0.717, 1.165) is 5.75 Å². The summed E-state index contributed by atoms with van der Waals surface area (Å²) < 4.78 is 5.51. The number of hydrogen-bond donors (Lipinski definition) is 1. The quantitative estimate of drug-likeness (QED) is 0.851. The van der Waals surface area contributed by atoms with Crippen LogP contribution in [0.5, 0.6) is 5.75 Å². The van der Waals surface area contributed by atoms with Gasteiger partial charge in [0.2, 0.25) is 0 Å². The molecule has 1 aliphatic carbocycles. The summed E-state index contributed by atoms with van der Waals surface area (Å²) in [5.41, 5.74) is 4.25. The van der Waals surface area contributed by atoms with Gasteiger partial charge in [0.25, 0.3) is 0 Å². The first-order chi connectivity index (χ1) is 8.53. The first kappa shape index (κ1) is 11.6. The number of aromatic nitrogens is 1. The summed E-state index contributed by atoms with van der Waals surface area (Å²) in [4.78, 5) is 3.56. The maximum absolute atomic E-state index is 5.51. The molecule has 1 heterocycles. The zero-order chi connectivity index (χ0) is 12.9. The number of H-pyrrole nitrogens is 1. The summed E-state index contributed by atoms with van der Waals surface area (Å²) in [7, 11) is 1.75. The van der Waals surface area contributed by atoms with Gasteiger partial charge in [0.05, 0.1) is 7.11 Å². The Morgan fingerprint density at radius 1 is 1.22 bits per heavy atom. The van der Waals surface area contributed by atoms with Gasteiger partial charge in [-0.15, -0.1) is 0 Å². The van der Waals surface area contributed by atoms with Crippen molar-refractivity contribution < 1.29 is 4.74 Å². The van der Waals surface area contributed by atoms with Gasteiger partial charge >= 0.3 is 0 Å². The molecule has 1 aromatic carbocycles. The highest BCUT2D eigenvalue weighted by Crippen LogP contribution is 2.48. The summed E-state index contributed by atoms with van der Waals surface area (Å²) >= 11 is 0. The molecule has 2 aromatic rings. The van der Waals surface area contributed by atoms with Crippen LogP contribution >= 0.6 is 0 Å². The predicted octanol–water partition coefficient (Wildman–Crippen LogP) is 4.35. The number of rotatable bonds is 3. The summed E-state index contributed by atoms with van der Waals surface area (Å²) in [5.74, 6) is 1.48. The van der Waals surface area contributed by atoms with E-state index in [1.807, 2.05) is 0 Å². The standard InChI is InChI=1S/C16H21NO/c1-10(2)12-7-11-8-15(16(3)5-6-16)17-13(11)9-14(12)18-4/h7-10,17H,5-6H2,1-4H3. The molecule has 3 rings (SSSR count). The largest absolute Gasteiger partial charge is 0.496 e. The molecular weight excluding hydrogens is 222 g/mol. The lowest BCUT2D eigenvalue weighted by Gasteiger charge is -2.11. The Balaban J connectivity index is 2.16. The Labute approximate surface area is 108 Å². The molecule has 2 heteroatoms. The molecule has 0 spiro atoms. The number of fused-ring (bicyclic) bond motifs is 1. The van der Waals surface area contributed by atoms with E-state index in [-0.39, 0.29) is 0 Å². The lowest BCUT2D eigenvalue weighted by Crippen LogP contribution is -1.98. The molecule has 1 fully saturated rings. The SMILES string of the molecule is COc1cc2[nH]c(C3(C)CC3)cc2cc1C(C)C. The van der Waals surface area contributed by atoms with Gasteiger partial charge in [0.15, 0.2) is 0 Å². The number of methoxy groups -OCH3 is 1. The molecular formula is C16H21NO. The number of ether oxygens (including phenoxy) is 1. The molecule has 0 radical (unpaired) electrons. The van der Waals surface area contributed by atoms with Crippen molar-refractivity contribution in [3.63, 3.8) is 0 Å². The van der Waals surface area contributed by atoms with Gasteiger partial charge in [-0.25, -0.2) is 0 Å². The minimum atomic E-state index is 0.393. The van der Waals surface area contributed by atoms with E-state index in [2.05, 4.69) is 44.0 Å². The molecule has 0 bridgehead atoms. The summed E-state index contributed by atoms with van der Waals surface area (Å²) in [6.45, 7) is 6.75. The maximum Gasteiger partial charge on any atom is 0.124 e. The van der Waals surface area contributed by atoms with E-state index >= 15 is 0 Å². The third kappa shape index (κ3) is 1.71. The second-order valence-electron chi connectivity index (χ2n) is 6.08. The van der Waals surface area contributed by atoms with Crippen molar-refractivity contribution in [3.8, 4) is 5.75 Å². The van der Waals surface area contributed by atoms with Crippen LogP contribution < -0.4 is 4.74 Å². The van der Waals surface area contributed by atoms with Gasteiger partial charge in [-0.05, 0) is 36.5 Å². The van der Waals surface area contributed by atoms with Crippen LogP contribution in [-0.2, 0) is 5.41 Å². The fourth-order valence-electron chi connectivity index (χ4n) is 2.59. The average Bonchev–Trinajstić information content (AvgIpc) is 2.94. The molecule has 0 saturated heterocycles. The van der Waals surface area contributed by atoms with Crippen molar-refractivity contribution in [1.29, 1.82) is 0 Å². The van der Waals surface area contributed by atoms with Gasteiger partial charge in [0.1, 0.15) is 5.75 Å². The molecule has 1 aromatic heterocycles. The van der Waals surface area contributed by atoms with Crippen LogP contribution in [0.1, 0.15) is 50.8 Å². The first-order valence-corrected chi connectivity index (χ1v) is 6.74. The average molecular weight is 243 g/mol. The lowest BCUT2D eigenvalue weighted by atomic mass is 10.00. The second kappa shape index (κ2) is 3.78. The molecule has 0 amide bonds. The predicted molar refractivity (Wildman–Crippen MR) is 75.5 cm³/mol. The van der Waals surface area contributed by atoms with Crippen molar-refractivity contribution in [3.05, 3.63) is 29.5 Å². The lowest BCUT2D eigenvalue weighted by molar-refractivity contribution is 0.408. The van der Waals surface area contributed by atoms with Crippen molar-refractivity contribution in [2.24, 2.45) is 0 Å². The molecule has 0 atom stereocenters. The number of nitrogens with one attached hydrogen (secondary N) is 1. The van der Waals surface area contributed by atoms with Crippen LogP contribution in [0.15, 0.2) is 18.2 Å². The molecule has 1 saturated carbocycles. The van der Waals surface area contributed by atoms with Gasteiger partial charge in [-0.3, -0.25) is 0 Å². The minimum absolute atomic E-state index is 0.393. The maximum atomic E-state index is 5.51. The first-order valence-electron chi connectivity index (χ1n) is 6.74. The van der Waals surface area contributed by atoms with E-state index in [9.17, 15) is 0 Å². The molecule has 1 N–H and O–H groups in total. The third-order valence-electron chi connectivity index (χ3n) is 4.24. The normalized spacial score (nSPS) is 17.4. The Morgan fingerprint density at radius 3 is 2.50 bits per heavy atom. The topological polar surface area (TPSA) is 25.0 Å². The number of hydrogen-bond acceptors (Lipinski definition) is 1. The minimum Gasteiger partial charge on any atom is -0.496 e. The van der Waals surface area contributed by atoms with Gasteiger partial charge in [0, 0.05) is 28.1 Å². The molecule has 2 nitrogen and oxygen atoms in total. The van der Waals surface area contributed by atoms with Crippen LogP contribution in [0.3, 0.4) is 0 Å². The van der Waals surface area contributed by atoms with Crippen LogP contribution in [0.4, 0.5) is 0 Å². The van der Waals surface area contributed by atoms with E-state index in [4.69, 9.17) is 4.74 Å². The number of aromatic amines is 1. The summed E-state index contributed by atoms with van der Waals surface area (Å²) in [5, 5.41) is 1.31. The van der Waals surface area contributed by atoms with Crippen LogP contribution in [0, 0.1) is 0 Å². The third-order valence-corrected chi connectivity index (χ3v) is 4.24. The zero-order valence-corrected chi connectivity index (χ0v) is 11.6. The highest BCUT2D eigenvalue weighted by Gasteiger charge is 2.40. The Kier molecular flexibility index (Phi) is 2.44. The van der Waals surface area contributed by atoms with Crippen molar-refractivity contribution in [2.45, 2.75) is 44.9 Å². The van der Waals surface area contributed by atoms with Crippen LogP contribution in [-0.4, -0.2) is 12.1 Å². The fourth-order valence-corrected chi connectivity index (χ4v) is 2.59.